The van der Waals surface area contributed by atoms with E-state index in [-0.39, 0.29) is 5.97 Å². The van der Waals surface area contributed by atoms with Gasteiger partial charge in [-0.1, -0.05) is 24.4 Å². The summed E-state index contributed by atoms with van der Waals surface area (Å²) >= 11 is 1.27. The first-order valence-electron chi connectivity index (χ1n) is 4.85. The first-order chi connectivity index (χ1) is 7.67. The molecule has 16 heavy (non-hydrogen) atoms. The number of hydrogen-bond donors (Lipinski definition) is 0. The van der Waals surface area contributed by atoms with Gasteiger partial charge in [-0.15, -0.1) is 0 Å². The summed E-state index contributed by atoms with van der Waals surface area (Å²) in [5, 5.41) is 0. The van der Waals surface area contributed by atoms with Crippen molar-refractivity contribution >= 4 is 17.7 Å². The minimum Gasteiger partial charge on any atom is -0.497 e. The highest BCUT2D eigenvalue weighted by Gasteiger charge is 2.09. The molecule has 0 aliphatic carbocycles. The van der Waals surface area contributed by atoms with E-state index in [9.17, 15) is 4.79 Å². The quantitative estimate of drug-likeness (QED) is 0.449. The number of thioether (sulfide) groups is 1. The largest absolute Gasteiger partial charge is 0.497 e. The van der Waals surface area contributed by atoms with Gasteiger partial charge < -0.3 is 9.47 Å². The number of ether oxygens (including phenoxy) is 2. The summed E-state index contributed by atoms with van der Waals surface area (Å²) in [6.45, 7) is 5.79. The maximum Gasteiger partial charge on any atom is 0.344 e. The normalized spacial score (nSPS) is 9.62. The highest BCUT2D eigenvalue weighted by atomic mass is 32.2. The summed E-state index contributed by atoms with van der Waals surface area (Å²) in [6, 6.07) is 7.43. The molecule has 0 aliphatic heterocycles. The molecule has 0 saturated carbocycles. The fraction of sp³-hybridized carbons (Fsp3) is 0.250. The third-order valence-corrected chi connectivity index (χ3v) is 2.69. The highest BCUT2D eigenvalue weighted by Crippen LogP contribution is 2.28. The molecule has 1 rings (SSSR count). The Morgan fingerprint density at radius 1 is 1.50 bits per heavy atom. The number of benzene rings is 1. The Hall–Kier alpha value is -1.42. The standard InChI is InChI=1S/C12H14O3S/c1-4-15-12(13)9(2)16-11-7-5-6-10(8-11)14-3/h5-8H,2,4H2,1,3H3. The zero-order valence-corrected chi connectivity index (χ0v) is 10.2. The van der Waals surface area contributed by atoms with Gasteiger partial charge in [0.2, 0.25) is 0 Å². The van der Waals surface area contributed by atoms with Crippen molar-refractivity contribution in [3.63, 3.8) is 0 Å². The van der Waals surface area contributed by atoms with Gasteiger partial charge in [0.1, 0.15) is 5.75 Å². The summed E-state index contributed by atoms with van der Waals surface area (Å²) in [5.41, 5.74) is 0. The van der Waals surface area contributed by atoms with Crippen molar-refractivity contribution in [1.82, 2.24) is 0 Å². The van der Waals surface area contributed by atoms with Crippen LogP contribution in [0.25, 0.3) is 0 Å². The number of hydrogen-bond acceptors (Lipinski definition) is 4. The van der Waals surface area contributed by atoms with Crippen LogP contribution >= 0.6 is 11.8 Å². The van der Waals surface area contributed by atoms with Crippen LogP contribution in [0.1, 0.15) is 6.92 Å². The zero-order chi connectivity index (χ0) is 12.0. The maximum atomic E-state index is 11.3. The van der Waals surface area contributed by atoms with Crippen LogP contribution in [-0.4, -0.2) is 19.7 Å². The zero-order valence-electron chi connectivity index (χ0n) is 9.36. The predicted octanol–water partition coefficient (Wildman–Crippen LogP) is 2.86. The van der Waals surface area contributed by atoms with E-state index in [4.69, 9.17) is 9.47 Å². The van der Waals surface area contributed by atoms with Crippen LogP contribution in [0.4, 0.5) is 0 Å². The van der Waals surface area contributed by atoms with Gasteiger partial charge in [-0.25, -0.2) is 4.79 Å². The van der Waals surface area contributed by atoms with E-state index in [2.05, 4.69) is 6.58 Å². The van der Waals surface area contributed by atoms with Gasteiger partial charge in [0.25, 0.3) is 0 Å². The van der Waals surface area contributed by atoms with E-state index < -0.39 is 0 Å². The summed E-state index contributed by atoms with van der Waals surface area (Å²) in [7, 11) is 1.60. The smallest absolute Gasteiger partial charge is 0.344 e. The maximum absolute atomic E-state index is 11.3. The second kappa shape index (κ2) is 6.23. The molecule has 0 radical (unpaired) electrons. The SMILES string of the molecule is C=C(Sc1cccc(OC)c1)C(=O)OCC. The fourth-order valence-corrected chi connectivity index (χ4v) is 1.81. The van der Waals surface area contributed by atoms with Crippen molar-refractivity contribution in [3.05, 3.63) is 35.7 Å². The molecule has 3 nitrogen and oxygen atoms in total. The first-order valence-corrected chi connectivity index (χ1v) is 5.67. The van der Waals surface area contributed by atoms with Crippen molar-refractivity contribution in [2.45, 2.75) is 11.8 Å². The summed E-state index contributed by atoms with van der Waals surface area (Å²) < 4.78 is 9.93. The molecule has 0 saturated heterocycles. The van der Waals surface area contributed by atoms with Crippen LogP contribution < -0.4 is 4.74 Å². The highest BCUT2D eigenvalue weighted by molar-refractivity contribution is 8.04. The molecule has 0 bridgehead atoms. The van der Waals surface area contributed by atoms with Crippen molar-refractivity contribution < 1.29 is 14.3 Å². The number of carbonyl (C=O) groups is 1. The van der Waals surface area contributed by atoms with Crippen LogP contribution in [0.5, 0.6) is 5.75 Å². The summed E-state index contributed by atoms with van der Waals surface area (Å²) in [4.78, 5) is 12.6. The molecule has 0 amide bonds. The molecule has 0 fully saturated rings. The Bertz CT molecular complexity index is 388. The van der Waals surface area contributed by atoms with Crippen LogP contribution in [-0.2, 0) is 9.53 Å². The monoisotopic (exact) mass is 238 g/mol. The Morgan fingerprint density at radius 3 is 2.88 bits per heavy atom. The average Bonchev–Trinajstić information content (AvgIpc) is 2.29. The minimum absolute atomic E-state index is 0.358. The van der Waals surface area contributed by atoms with Gasteiger partial charge in [0.05, 0.1) is 18.6 Å². The number of carbonyl (C=O) groups excluding carboxylic acids is 1. The topological polar surface area (TPSA) is 35.5 Å². The molecule has 1 aromatic rings. The molecule has 0 aliphatic rings. The summed E-state index contributed by atoms with van der Waals surface area (Å²) in [6.07, 6.45) is 0. The number of esters is 1. The predicted molar refractivity (Wildman–Crippen MR) is 64.6 cm³/mol. The lowest BCUT2D eigenvalue weighted by molar-refractivity contribution is -0.137. The Labute approximate surface area is 99.4 Å². The van der Waals surface area contributed by atoms with Gasteiger partial charge in [-0.2, -0.15) is 0 Å². The molecular weight excluding hydrogens is 224 g/mol. The van der Waals surface area contributed by atoms with E-state index >= 15 is 0 Å². The third kappa shape index (κ3) is 3.62. The van der Waals surface area contributed by atoms with E-state index in [1.807, 2.05) is 24.3 Å². The molecule has 0 unspecified atom stereocenters. The molecular formula is C12H14O3S. The second-order valence-corrected chi connectivity index (χ2v) is 4.09. The van der Waals surface area contributed by atoms with E-state index in [0.29, 0.717) is 11.5 Å². The van der Waals surface area contributed by atoms with E-state index in [0.717, 1.165) is 10.6 Å². The van der Waals surface area contributed by atoms with Gasteiger partial charge in [0, 0.05) is 4.90 Å². The second-order valence-electron chi connectivity index (χ2n) is 2.92. The van der Waals surface area contributed by atoms with Crippen LogP contribution in [0.2, 0.25) is 0 Å². The summed E-state index contributed by atoms with van der Waals surface area (Å²) in [5.74, 6) is 0.372. The van der Waals surface area contributed by atoms with Gasteiger partial charge in [-0.05, 0) is 25.1 Å². The van der Waals surface area contributed by atoms with Crippen LogP contribution in [0.3, 0.4) is 0 Å². The molecule has 4 heteroatoms. The van der Waals surface area contributed by atoms with Crippen LogP contribution in [0, 0.1) is 0 Å². The van der Waals surface area contributed by atoms with Crippen molar-refractivity contribution in [2.24, 2.45) is 0 Å². The Morgan fingerprint density at radius 2 is 2.25 bits per heavy atom. The Kier molecular flexibility index (Phi) is 4.92. The van der Waals surface area contributed by atoms with Gasteiger partial charge in [0.15, 0.2) is 0 Å². The third-order valence-electron chi connectivity index (χ3n) is 1.79. The molecule has 0 aromatic heterocycles. The Balaban J connectivity index is 2.65. The van der Waals surface area contributed by atoms with Gasteiger partial charge >= 0.3 is 5.97 Å². The molecule has 86 valence electrons. The fourth-order valence-electron chi connectivity index (χ4n) is 1.06. The molecule has 0 N–H and O–H groups in total. The average molecular weight is 238 g/mol. The lowest BCUT2D eigenvalue weighted by atomic mass is 10.3. The lowest BCUT2D eigenvalue weighted by Gasteiger charge is -2.06. The number of methoxy groups -OCH3 is 1. The minimum atomic E-state index is -0.379. The molecule has 1 aromatic carbocycles. The van der Waals surface area contributed by atoms with Crippen molar-refractivity contribution in [2.75, 3.05) is 13.7 Å². The van der Waals surface area contributed by atoms with E-state index in [1.165, 1.54) is 11.8 Å². The van der Waals surface area contributed by atoms with Crippen molar-refractivity contribution in [1.29, 1.82) is 0 Å². The first kappa shape index (κ1) is 12.6. The van der Waals surface area contributed by atoms with Crippen LogP contribution in [0.15, 0.2) is 40.6 Å². The van der Waals surface area contributed by atoms with Crippen molar-refractivity contribution in [3.8, 4) is 5.75 Å². The molecule has 0 atom stereocenters. The molecule has 0 heterocycles. The molecule has 0 spiro atoms. The number of rotatable bonds is 5. The lowest BCUT2D eigenvalue weighted by Crippen LogP contribution is -2.03. The van der Waals surface area contributed by atoms with E-state index in [1.54, 1.807) is 14.0 Å². The van der Waals surface area contributed by atoms with Gasteiger partial charge in [-0.3, -0.25) is 0 Å².